The summed E-state index contributed by atoms with van der Waals surface area (Å²) in [5.41, 5.74) is 1.18. The minimum atomic E-state index is 0.573. The number of aryl methyl sites for hydroxylation is 1. The van der Waals surface area contributed by atoms with E-state index >= 15 is 0 Å². The first kappa shape index (κ1) is 14.9. The number of hydrogen-bond donors (Lipinski definition) is 1. The summed E-state index contributed by atoms with van der Waals surface area (Å²) in [6.07, 6.45) is 1.17. The molecular formula is C14H25N3OS. The second kappa shape index (κ2) is 7.33. The van der Waals surface area contributed by atoms with Crippen molar-refractivity contribution in [3.05, 3.63) is 15.6 Å². The highest BCUT2D eigenvalue weighted by atomic mass is 32.1. The first-order valence-corrected chi connectivity index (χ1v) is 7.99. The fraction of sp³-hybridized carbons (Fsp3) is 0.786. The van der Waals surface area contributed by atoms with Crippen LogP contribution in [0.1, 0.15) is 35.8 Å². The molecule has 0 amide bonds. The molecule has 0 bridgehead atoms. The molecule has 1 N–H and O–H groups in total. The average Bonchev–Trinajstić information content (AvgIpc) is 2.77. The Labute approximate surface area is 120 Å². The predicted molar refractivity (Wildman–Crippen MR) is 79.5 cm³/mol. The Balaban J connectivity index is 1.88. The van der Waals surface area contributed by atoms with Crippen LogP contribution in [-0.4, -0.2) is 42.2 Å². The maximum atomic E-state index is 5.37. The Morgan fingerprint density at radius 3 is 2.84 bits per heavy atom. The van der Waals surface area contributed by atoms with Crippen molar-refractivity contribution in [3.63, 3.8) is 0 Å². The topological polar surface area (TPSA) is 37.4 Å². The summed E-state index contributed by atoms with van der Waals surface area (Å²) in [7, 11) is 0. The molecule has 1 aliphatic rings. The van der Waals surface area contributed by atoms with E-state index in [1.165, 1.54) is 22.0 Å². The van der Waals surface area contributed by atoms with Crippen LogP contribution in [0.25, 0.3) is 0 Å². The molecule has 4 nitrogen and oxygen atoms in total. The maximum Gasteiger partial charge on any atom is 0.107 e. The van der Waals surface area contributed by atoms with E-state index in [1.807, 2.05) is 11.3 Å². The zero-order valence-electron chi connectivity index (χ0n) is 12.2. The van der Waals surface area contributed by atoms with Crippen molar-refractivity contribution in [1.82, 2.24) is 15.2 Å². The van der Waals surface area contributed by atoms with E-state index < -0.39 is 0 Å². The molecule has 0 aliphatic carbocycles. The number of nitrogens with zero attached hydrogens (tertiary/aromatic N) is 2. The van der Waals surface area contributed by atoms with Gasteiger partial charge in [-0.15, -0.1) is 11.3 Å². The zero-order valence-corrected chi connectivity index (χ0v) is 13.1. The fourth-order valence-electron chi connectivity index (χ4n) is 2.08. The van der Waals surface area contributed by atoms with Gasteiger partial charge in [0.1, 0.15) is 5.01 Å². The lowest BCUT2D eigenvalue weighted by molar-refractivity contribution is 0.0341. The highest BCUT2D eigenvalue weighted by Gasteiger charge is 2.14. The lowest BCUT2D eigenvalue weighted by atomic mass is 10.2. The van der Waals surface area contributed by atoms with Crippen LogP contribution >= 0.6 is 11.3 Å². The monoisotopic (exact) mass is 283 g/mol. The van der Waals surface area contributed by atoms with Gasteiger partial charge in [0.2, 0.25) is 0 Å². The molecule has 0 spiro atoms. The quantitative estimate of drug-likeness (QED) is 0.868. The van der Waals surface area contributed by atoms with Crippen molar-refractivity contribution >= 4 is 11.3 Å². The summed E-state index contributed by atoms with van der Waals surface area (Å²) in [5.74, 6) is 0. The lowest BCUT2D eigenvalue weighted by Crippen LogP contribution is -2.35. The number of nitrogens with one attached hydrogen (secondary N) is 1. The Morgan fingerprint density at radius 2 is 2.16 bits per heavy atom. The number of aromatic nitrogens is 1. The minimum Gasteiger partial charge on any atom is -0.379 e. The van der Waals surface area contributed by atoms with Crippen molar-refractivity contribution in [2.24, 2.45) is 0 Å². The summed E-state index contributed by atoms with van der Waals surface area (Å²) in [4.78, 5) is 8.51. The number of ether oxygens (including phenoxy) is 1. The summed E-state index contributed by atoms with van der Waals surface area (Å²) >= 11 is 1.85. The summed E-state index contributed by atoms with van der Waals surface area (Å²) in [5, 5.41) is 4.78. The Kier molecular flexibility index (Phi) is 5.76. The maximum absolute atomic E-state index is 5.37. The molecule has 0 radical (unpaired) electrons. The van der Waals surface area contributed by atoms with Crippen molar-refractivity contribution in [2.45, 2.75) is 46.3 Å². The molecule has 108 valence electrons. The summed E-state index contributed by atoms with van der Waals surface area (Å²) < 4.78 is 5.37. The van der Waals surface area contributed by atoms with Crippen LogP contribution < -0.4 is 5.32 Å². The summed E-state index contributed by atoms with van der Waals surface area (Å²) in [6.45, 7) is 12.2. The Hall–Kier alpha value is -0.490. The van der Waals surface area contributed by atoms with Crippen LogP contribution in [-0.2, 0) is 17.8 Å². The van der Waals surface area contributed by atoms with Gasteiger partial charge in [0.05, 0.1) is 25.5 Å². The number of rotatable bonds is 6. The second-order valence-corrected chi connectivity index (χ2v) is 6.36. The van der Waals surface area contributed by atoms with Gasteiger partial charge in [-0.2, -0.15) is 0 Å². The van der Waals surface area contributed by atoms with Gasteiger partial charge in [0.25, 0.3) is 0 Å². The molecular weight excluding hydrogens is 258 g/mol. The van der Waals surface area contributed by atoms with E-state index in [1.54, 1.807) is 0 Å². The minimum absolute atomic E-state index is 0.573. The molecule has 1 unspecified atom stereocenters. The van der Waals surface area contributed by atoms with Crippen LogP contribution in [0, 0.1) is 6.92 Å². The molecule has 5 heteroatoms. The molecule has 1 saturated heterocycles. The zero-order chi connectivity index (χ0) is 13.7. The molecule has 2 rings (SSSR count). The fourth-order valence-corrected chi connectivity index (χ4v) is 3.14. The molecule has 1 fully saturated rings. The highest BCUT2D eigenvalue weighted by molar-refractivity contribution is 7.11. The van der Waals surface area contributed by atoms with Gasteiger partial charge < -0.3 is 10.1 Å². The summed E-state index contributed by atoms with van der Waals surface area (Å²) in [6, 6.07) is 0.573. The highest BCUT2D eigenvalue weighted by Crippen LogP contribution is 2.20. The third kappa shape index (κ3) is 4.53. The van der Waals surface area contributed by atoms with Crippen molar-refractivity contribution in [1.29, 1.82) is 0 Å². The molecule has 1 aromatic rings. The number of thiazole rings is 1. The van der Waals surface area contributed by atoms with Crippen LogP contribution in [0.2, 0.25) is 0 Å². The predicted octanol–water partition coefficient (Wildman–Crippen LogP) is 2.17. The SMILES string of the molecule is CCC(C)NCc1sc(CN2CCOCC2)nc1C. The van der Waals surface area contributed by atoms with Gasteiger partial charge in [-0.25, -0.2) is 4.98 Å². The van der Waals surface area contributed by atoms with Crippen LogP contribution in [0.15, 0.2) is 0 Å². The standard InChI is InChI=1S/C14H25N3OS/c1-4-11(2)15-9-13-12(3)16-14(19-13)10-17-5-7-18-8-6-17/h11,15H,4-10H2,1-3H3. The molecule has 0 saturated carbocycles. The van der Waals surface area contributed by atoms with Gasteiger partial charge in [-0.05, 0) is 20.3 Å². The largest absolute Gasteiger partial charge is 0.379 e. The lowest BCUT2D eigenvalue weighted by Gasteiger charge is -2.25. The van der Waals surface area contributed by atoms with E-state index in [0.29, 0.717) is 6.04 Å². The normalized spacial score (nSPS) is 18.7. The molecule has 2 heterocycles. The van der Waals surface area contributed by atoms with Crippen molar-refractivity contribution in [2.75, 3.05) is 26.3 Å². The molecule has 1 atom stereocenters. The first-order chi connectivity index (χ1) is 9.19. The number of hydrogen-bond acceptors (Lipinski definition) is 5. The Morgan fingerprint density at radius 1 is 1.42 bits per heavy atom. The molecule has 19 heavy (non-hydrogen) atoms. The van der Waals surface area contributed by atoms with Gasteiger partial charge in [-0.3, -0.25) is 4.90 Å². The van der Waals surface area contributed by atoms with Gasteiger partial charge in [0, 0.05) is 30.6 Å². The molecule has 1 aliphatic heterocycles. The van der Waals surface area contributed by atoms with Gasteiger partial charge >= 0.3 is 0 Å². The van der Waals surface area contributed by atoms with Gasteiger partial charge in [-0.1, -0.05) is 6.92 Å². The van der Waals surface area contributed by atoms with Gasteiger partial charge in [0.15, 0.2) is 0 Å². The van der Waals surface area contributed by atoms with E-state index in [0.717, 1.165) is 39.4 Å². The Bertz CT molecular complexity index is 388. The first-order valence-electron chi connectivity index (χ1n) is 7.17. The van der Waals surface area contributed by atoms with E-state index in [4.69, 9.17) is 9.72 Å². The van der Waals surface area contributed by atoms with E-state index in [-0.39, 0.29) is 0 Å². The van der Waals surface area contributed by atoms with Crippen LogP contribution in [0.4, 0.5) is 0 Å². The smallest absolute Gasteiger partial charge is 0.107 e. The molecule has 0 aromatic carbocycles. The van der Waals surface area contributed by atoms with E-state index in [2.05, 4.69) is 31.0 Å². The number of morpholine rings is 1. The van der Waals surface area contributed by atoms with Crippen molar-refractivity contribution in [3.8, 4) is 0 Å². The second-order valence-electron chi connectivity index (χ2n) is 5.19. The third-order valence-corrected chi connectivity index (χ3v) is 4.77. The third-order valence-electron chi connectivity index (χ3n) is 3.62. The van der Waals surface area contributed by atoms with Crippen LogP contribution in [0.5, 0.6) is 0 Å². The van der Waals surface area contributed by atoms with Crippen molar-refractivity contribution < 1.29 is 4.74 Å². The average molecular weight is 283 g/mol. The van der Waals surface area contributed by atoms with E-state index in [9.17, 15) is 0 Å². The van der Waals surface area contributed by atoms with Crippen LogP contribution in [0.3, 0.4) is 0 Å². The molecule has 1 aromatic heterocycles.